The van der Waals surface area contributed by atoms with Crippen molar-refractivity contribution in [3.8, 4) is 0 Å². The van der Waals surface area contributed by atoms with Crippen LogP contribution < -0.4 is 20.9 Å². The molecule has 238 valence electrons. The Balaban J connectivity index is 1.56. The van der Waals surface area contributed by atoms with Gasteiger partial charge in [0.15, 0.2) is 5.82 Å². The second-order valence-corrected chi connectivity index (χ2v) is 10.8. The molecule has 0 saturated heterocycles. The zero-order valence-corrected chi connectivity index (χ0v) is 25.4. The molecule has 0 fully saturated rings. The van der Waals surface area contributed by atoms with Crippen LogP contribution in [0.5, 0.6) is 0 Å². The molecule has 0 bridgehead atoms. The van der Waals surface area contributed by atoms with E-state index in [1.165, 1.54) is 18.0 Å². The van der Waals surface area contributed by atoms with E-state index in [9.17, 15) is 24.0 Å². The summed E-state index contributed by atoms with van der Waals surface area (Å²) in [6.07, 6.45) is 1.93. The summed E-state index contributed by atoms with van der Waals surface area (Å²) in [6, 6.07) is 9.43. The monoisotopic (exact) mass is 619 g/mol. The normalized spacial score (nSPS) is 15.7. The maximum atomic E-state index is 14.3. The van der Waals surface area contributed by atoms with Crippen LogP contribution in [0.25, 0.3) is 0 Å². The Bertz CT molecular complexity index is 1480. The number of aromatic amines is 1. The van der Waals surface area contributed by atoms with Crippen LogP contribution in [-0.2, 0) is 48.3 Å². The van der Waals surface area contributed by atoms with Crippen molar-refractivity contribution in [3.05, 3.63) is 65.6 Å². The molecule has 0 unspecified atom stereocenters. The third-order valence-corrected chi connectivity index (χ3v) is 7.52. The van der Waals surface area contributed by atoms with Crippen molar-refractivity contribution in [3.63, 3.8) is 0 Å². The Hall–Kier alpha value is -5.21. The van der Waals surface area contributed by atoms with Crippen LogP contribution in [0.2, 0.25) is 0 Å². The molecule has 4 rings (SSSR count). The van der Waals surface area contributed by atoms with Crippen LogP contribution in [0.4, 0.5) is 5.82 Å². The summed E-state index contributed by atoms with van der Waals surface area (Å²) in [5, 5.41) is 21.6. The summed E-state index contributed by atoms with van der Waals surface area (Å²) in [7, 11) is 0. The molecule has 15 nitrogen and oxygen atoms in total. The molecular formula is C30H37N9O6. The van der Waals surface area contributed by atoms with Crippen molar-refractivity contribution in [1.29, 1.82) is 0 Å². The number of aromatic nitrogens is 5. The molecule has 1 aliphatic heterocycles. The molecule has 3 heterocycles. The summed E-state index contributed by atoms with van der Waals surface area (Å²) in [5.74, 6) is -2.42. The topological polar surface area (TPSA) is 201 Å². The van der Waals surface area contributed by atoms with Crippen LogP contribution in [0.1, 0.15) is 57.0 Å². The van der Waals surface area contributed by atoms with Gasteiger partial charge in [-0.25, -0.2) is 4.98 Å². The molecule has 0 radical (unpaired) electrons. The smallest absolute Gasteiger partial charge is 0.306 e. The lowest BCUT2D eigenvalue weighted by Crippen LogP contribution is -2.58. The van der Waals surface area contributed by atoms with E-state index in [4.69, 9.17) is 4.74 Å². The lowest BCUT2D eigenvalue weighted by molar-refractivity contribution is -0.145. The van der Waals surface area contributed by atoms with Gasteiger partial charge in [0.1, 0.15) is 30.6 Å². The van der Waals surface area contributed by atoms with Crippen molar-refractivity contribution < 1.29 is 28.7 Å². The van der Waals surface area contributed by atoms with Crippen molar-refractivity contribution in [2.24, 2.45) is 5.92 Å². The molecule has 2 aromatic heterocycles. The first kappa shape index (κ1) is 32.7. The van der Waals surface area contributed by atoms with E-state index in [2.05, 4.69) is 41.6 Å². The molecular weight excluding hydrogens is 582 g/mol. The molecule has 45 heavy (non-hydrogen) atoms. The number of tetrazole rings is 1. The third-order valence-electron chi connectivity index (χ3n) is 7.52. The number of ether oxygens (including phenoxy) is 1. The number of carbonyl (C=O) groups excluding carboxylic acids is 5. The molecule has 3 aromatic rings. The van der Waals surface area contributed by atoms with Crippen LogP contribution in [-0.4, -0.2) is 73.3 Å². The fourth-order valence-corrected chi connectivity index (χ4v) is 4.94. The molecule has 15 heteroatoms. The number of nitrogens with zero attached hydrogens (tertiary/aromatic N) is 5. The fraction of sp³-hybridized carbons (Fsp3) is 0.433. The van der Waals surface area contributed by atoms with Gasteiger partial charge in [-0.15, -0.1) is 10.2 Å². The number of amides is 4. The van der Waals surface area contributed by atoms with Crippen LogP contribution >= 0.6 is 0 Å². The first-order chi connectivity index (χ1) is 21.7. The summed E-state index contributed by atoms with van der Waals surface area (Å²) < 4.78 is 5.40. The number of carbonyl (C=O) groups is 5. The summed E-state index contributed by atoms with van der Waals surface area (Å²) in [5.41, 5.74) is 1.46. The Labute approximate surface area is 259 Å². The zero-order chi connectivity index (χ0) is 32.3. The maximum Gasteiger partial charge on any atom is 0.306 e. The molecule has 0 spiro atoms. The van der Waals surface area contributed by atoms with E-state index >= 15 is 0 Å². The first-order valence-corrected chi connectivity index (χ1v) is 14.7. The molecule has 0 saturated carbocycles. The largest absolute Gasteiger partial charge is 0.461 e. The van der Waals surface area contributed by atoms with Gasteiger partial charge >= 0.3 is 5.97 Å². The first-order valence-electron chi connectivity index (χ1n) is 14.7. The van der Waals surface area contributed by atoms with Crippen LogP contribution in [0.15, 0.2) is 48.7 Å². The van der Waals surface area contributed by atoms with E-state index < -0.39 is 47.7 Å². The fourth-order valence-electron chi connectivity index (χ4n) is 4.94. The number of hydrogen-bond donors (Lipinski definition) is 4. The van der Waals surface area contributed by atoms with E-state index in [0.29, 0.717) is 12.0 Å². The van der Waals surface area contributed by atoms with Crippen LogP contribution in [0.3, 0.4) is 0 Å². The average Bonchev–Trinajstić information content (AvgIpc) is 3.71. The van der Waals surface area contributed by atoms with E-state index in [0.717, 1.165) is 5.56 Å². The minimum Gasteiger partial charge on any atom is -0.461 e. The second-order valence-electron chi connectivity index (χ2n) is 10.8. The van der Waals surface area contributed by atoms with Crippen molar-refractivity contribution in [1.82, 2.24) is 41.6 Å². The number of H-pyrrole nitrogens is 1. The van der Waals surface area contributed by atoms with Gasteiger partial charge in [-0.05, 0) is 29.5 Å². The van der Waals surface area contributed by atoms with Gasteiger partial charge in [0.2, 0.25) is 17.7 Å². The van der Waals surface area contributed by atoms with Gasteiger partial charge in [-0.2, -0.15) is 5.21 Å². The van der Waals surface area contributed by atoms with Gasteiger partial charge < -0.3 is 20.7 Å². The highest BCUT2D eigenvalue weighted by atomic mass is 16.5. The number of esters is 1. The number of hydrogen-bond acceptors (Lipinski definition) is 10. The molecule has 1 aliphatic rings. The number of pyridine rings is 1. The number of rotatable bonds is 14. The van der Waals surface area contributed by atoms with Gasteiger partial charge in [0.25, 0.3) is 5.91 Å². The number of fused-ring (bicyclic) bond motifs is 1. The van der Waals surface area contributed by atoms with E-state index in [-0.39, 0.29) is 50.0 Å². The molecule has 4 atom stereocenters. The van der Waals surface area contributed by atoms with E-state index in [1.807, 2.05) is 44.2 Å². The summed E-state index contributed by atoms with van der Waals surface area (Å²) in [6.45, 7) is 5.01. The summed E-state index contributed by atoms with van der Waals surface area (Å²) in [4.78, 5) is 71.5. The SMILES string of the molecule is CC[C@H](C)[C@H](NC(C)=O)C(=O)N[C@@H](CCC(=O)OCc1ccccc1)C(=O)N1c2ncccc2C[C@H]1C(=O)NCc1nn[nH]n1. The standard InChI is InChI=1S/C30H37N9O6/c1-4-18(2)26(33-19(3)40)29(43)34-22(12-13-25(41)45-17-20-9-6-5-7-10-20)30(44)39-23(15-21-11-8-14-31-27(21)39)28(42)32-16-24-35-37-38-36-24/h5-11,14,18,22-23,26H,4,12-13,15-17H2,1-3H3,(H,32,42)(H,33,40)(H,34,43)(H,35,36,37,38)/t18-,22-,23-,26-/m0/s1. The zero-order valence-electron chi connectivity index (χ0n) is 25.4. The second kappa shape index (κ2) is 15.5. The van der Waals surface area contributed by atoms with Crippen molar-refractivity contribution in [2.75, 3.05) is 4.90 Å². The lowest BCUT2D eigenvalue weighted by atomic mass is 9.97. The maximum absolute atomic E-state index is 14.3. The van der Waals surface area contributed by atoms with Crippen molar-refractivity contribution in [2.45, 2.75) is 77.7 Å². The number of anilines is 1. The molecule has 0 aliphatic carbocycles. The minimum absolute atomic E-state index is 0.0294. The Morgan fingerprint density at radius 1 is 1.09 bits per heavy atom. The number of benzene rings is 1. The average molecular weight is 620 g/mol. The van der Waals surface area contributed by atoms with Gasteiger partial charge in [0.05, 0.1) is 6.54 Å². The van der Waals surface area contributed by atoms with Gasteiger partial charge in [-0.1, -0.05) is 61.9 Å². The molecule has 4 N–H and O–H groups in total. The Morgan fingerprint density at radius 3 is 2.56 bits per heavy atom. The Kier molecular flexibility index (Phi) is 11.3. The highest BCUT2D eigenvalue weighted by Crippen LogP contribution is 2.31. The van der Waals surface area contributed by atoms with Gasteiger partial charge in [-0.3, -0.25) is 28.9 Å². The predicted molar refractivity (Wildman–Crippen MR) is 160 cm³/mol. The molecule has 4 amide bonds. The van der Waals surface area contributed by atoms with Crippen molar-refractivity contribution >= 4 is 35.4 Å². The highest BCUT2D eigenvalue weighted by molar-refractivity contribution is 6.06. The number of nitrogens with one attached hydrogen (secondary N) is 4. The minimum atomic E-state index is -1.25. The highest BCUT2D eigenvalue weighted by Gasteiger charge is 2.42. The Morgan fingerprint density at radius 2 is 1.87 bits per heavy atom. The molecule has 1 aromatic carbocycles. The third kappa shape index (κ3) is 8.68. The van der Waals surface area contributed by atoms with E-state index in [1.54, 1.807) is 12.1 Å². The lowest BCUT2D eigenvalue weighted by Gasteiger charge is -2.30. The quantitative estimate of drug-likeness (QED) is 0.186. The van der Waals surface area contributed by atoms with Crippen LogP contribution in [0, 0.1) is 5.92 Å². The predicted octanol–water partition coefficient (Wildman–Crippen LogP) is 0.728. The summed E-state index contributed by atoms with van der Waals surface area (Å²) >= 11 is 0. The van der Waals surface area contributed by atoms with Gasteiger partial charge in [0, 0.05) is 26.0 Å².